The molecule has 1 heterocycles. The number of nitrogens with zero attached hydrogens (tertiary/aromatic N) is 1. The van der Waals surface area contributed by atoms with Crippen molar-refractivity contribution < 1.29 is 22.7 Å². The minimum Gasteiger partial charge on any atom is -0.492 e. The van der Waals surface area contributed by atoms with Crippen LogP contribution in [-0.2, 0) is 21.3 Å². The van der Waals surface area contributed by atoms with Gasteiger partial charge in [0.25, 0.3) is 5.91 Å². The predicted octanol–water partition coefficient (Wildman–Crippen LogP) is 2.48. The second-order valence-corrected chi connectivity index (χ2v) is 9.71. The standard InChI is InChI=1S/C23H31N3O5S/c1-26(21-9-12-30-13-10-21)11-14-31-22-8-3-5-18(15-22)17-24-23(27)19-6-4-7-20(16-19)25-32(2,28)29/h3-8,15-16,21,25H,9-14,17H2,1-2H3,(H,24,27). The highest BCUT2D eigenvalue weighted by atomic mass is 32.2. The zero-order chi connectivity index (χ0) is 23.0. The summed E-state index contributed by atoms with van der Waals surface area (Å²) < 4.78 is 36.5. The van der Waals surface area contributed by atoms with Crippen LogP contribution in [-0.4, -0.2) is 64.9 Å². The second kappa shape index (κ2) is 11.3. The van der Waals surface area contributed by atoms with Crippen molar-refractivity contribution in [1.29, 1.82) is 0 Å². The fraction of sp³-hybridized carbons (Fsp3) is 0.435. The summed E-state index contributed by atoms with van der Waals surface area (Å²) >= 11 is 0. The molecule has 2 aromatic rings. The van der Waals surface area contributed by atoms with E-state index in [4.69, 9.17) is 9.47 Å². The highest BCUT2D eigenvalue weighted by Crippen LogP contribution is 2.16. The summed E-state index contributed by atoms with van der Waals surface area (Å²) in [4.78, 5) is 14.8. The fourth-order valence-corrected chi connectivity index (χ4v) is 4.14. The zero-order valence-electron chi connectivity index (χ0n) is 18.5. The van der Waals surface area contributed by atoms with E-state index in [1.165, 1.54) is 6.07 Å². The van der Waals surface area contributed by atoms with E-state index >= 15 is 0 Å². The molecule has 9 heteroatoms. The van der Waals surface area contributed by atoms with Crippen molar-refractivity contribution in [2.75, 3.05) is 44.4 Å². The first kappa shape index (κ1) is 24.0. The number of carbonyl (C=O) groups is 1. The van der Waals surface area contributed by atoms with E-state index in [9.17, 15) is 13.2 Å². The Morgan fingerprint density at radius 2 is 1.91 bits per heavy atom. The average Bonchev–Trinajstić information content (AvgIpc) is 2.77. The molecule has 0 spiro atoms. The number of nitrogens with one attached hydrogen (secondary N) is 2. The van der Waals surface area contributed by atoms with Crippen LogP contribution in [0.4, 0.5) is 5.69 Å². The molecule has 0 aliphatic carbocycles. The quantitative estimate of drug-likeness (QED) is 0.564. The molecule has 0 bridgehead atoms. The first-order chi connectivity index (χ1) is 15.3. The lowest BCUT2D eigenvalue weighted by atomic mass is 10.1. The van der Waals surface area contributed by atoms with Crippen LogP contribution in [0.5, 0.6) is 5.75 Å². The van der Waals surface area contributed by atoms with Gasteiger partial charge in [0, 0.05) is 43.6 Å². The molecule has 174 valence electrons. The molecule has 0 unspecified atom stereocenters. The molecule has 0 atom stereocenters. The molecule has 2 N–H and O–H groups in total. The number of sulfonamides is 1. The summed E-state index contributed by atoms with van der Waals surface area (Å²) in [6.07, 6.45) is 3.18. The summed E-state index contributed by atoms with van der Waals surface area (Å²) in [6.45, 7) is 3.40. The van der Waals surface area contributed by atoms with Gasteiger partial charge in [-0.3, -0.25) is 14.4 Å². The Morgan fingerprint density at radius 1 is 1.16 bits per heavy atom. The van der Waals surface area contributed by atoms with E-state index < -0.39 is 10.0 Å². The third-order valence-corrected chi connectivity index (χ3v) is 5.91. The van der Waals surface area contributed by atoms with Crippen molar-refractivity contribution in [3.63, 3.8) is 0 Å². The van der Waals surface area contributed by atoms with E-state index in [-0.39, 0.29) is 5.91 Å². The van der Waals surface area contributed by atoms with E-state index in [1.807, 2.05) is 24.3 Å². The van der Waals surface area contributed by atoms with Gasteiger partial charge < -0.3 is 14.8 Å². The third-order valence-electron chi connectivity index (χ3n) is 5.31. The van der Waals surface area contributed by atoms with Crippen molar-refractivity contribution in [2.24, 2.45) is 0 Å². The Hall–Kier alpha value is -2.62. The van der Waals surface area contributed by atoms with E-state index in [2.05, 4.69) is 22.0 Å². The van der Waals surface area contributed by atoms with Crippen LogP contribution < -0.4 is 14.8 Å². The average molecular weight is 462 g/mol. The van der Waals surface area contributed by atoms with Crippen LogP contribution in [0.1, 0.15) is 28.8 Å². The number of likely N-dealkylation sites (N-methyl/N-ethyl adjacent to an activating group) is 1. The van der Waals surface area contributed by atoms with Crippen LogP contribution >= 0.6 is 0 Å². The molecule has 8 nitrogen and oxygen atoms in total. The number of hydrogen-bond donors (Lipinski definition) is 2. The van der Waals surface area contributed by atoms with Crippen molar-refractivity contribution in [3.05, 3.63) is 59.7 Å². The van der Waals surface area contributed by atoms with Crippen molar-refractivity contribution in [1.82, 2.24) is 10.2 Å². The smallest absolute Gasteiger partial charge is 0.251 e. The molecule has 1 saturated heterocycles. The molecule has 32 heavy (non-hydrogen) atoms. The maximum atomic E-state index is 12.5. The van der Waals surface area contributed by atoms with Gasteiger partial charge >= 0.3 is 0 Å². The van der Waals surface area contributed by atoms with Crippen molar-refractivity contribution in [2.45, 2.75) is 25.4 Å². The SMILES string of the molecule is CN(CCOc1cccc(CNC(=O)c2cccc(NS(C)(=O)=O)c2)c1)C1CCOCC1. The number of ether oxygens (including phenoxy) is 2. The Bertz CT molecular complexity index is 1010. The summed E-state index contributed by atoms with van der Waals surface area (Å²) in [5.74, 6) is 0.475. The van der Waals surface area contributed by atoms with Crippen molar-refractivity contribution in [3.8, 4) is 5.75 Å². The van der Waals surface area contributed by atoms with Gasteiger partial charge in [-0.1, -0.05) is 18.2 Å². The zero-order valence-corrected chi connectivity index (χ0v) is 19.4. The van der Waals surface area contributed by atoms with Gasteiger partial charge in [-0.25, -0.2) is 8.42 Å². The Balaban J connectivity index is 1.48. The van der Waals surface area contributed by atoms with Crippen LogP contribution in [0.2, 0.25) is 0 Å². The van der Waals surface area contributed by atoms with Crippen LogP contribution in [0, 0.1) is 0 Å². The number of carbonyl (C=O) groups excluding carboxylic acids is 1. The third kappa shape index (κ3) is 7.81. The van der Waals surface area contributed by atoms with Gasteiger partial charge in [0.1, 0.15) is 12.4 Å². The predicted molar refractivity (Wildman–Crippen MR) is 124 cm³/mol. The lowest BCUT2D eigenvalue weighted by Crippen LogP contribution is -2.38. The fourth-order valence-electron chi connectivity index (χ4n) is 3.58. The topological polar surface area (TPSA) is 97.0 Å². The van der Waals surface area contributed by atoms with Gasteiger partial charge in [-0.15, -0.1) is 0 Å². The van der Waals surface area contributed by atoms with Gasteiger partial charge in [-0.05, 0) is 55.8 Å². The summed E-state index contributed by atoms with van der Waals surface area (Å²) in [5, 5.41) is 2.86. The number of anilines is 1. The van der Waals surface area contributed by atoms with Gasteiger partial charge in [0.15, 0.2) is 0 Å². The molecule has 1 fully saturated rings. The van der Waals surface area contributed by atoms with Crippen molar-refractivity contribution >= 4 is 21.6 Å². The van der Waals surface area contributed by atoms with E-state index in [0.29, 0.717) is 30.4 Å². The molecule has 1 aliphatic rings. The number of benzene rings is 2. The molecule has 3 rings (SSSR count). The molecule has 0 saturated carbocycles. The maximum Gasteiger partial charge on any atom is 0.251 e. The molecule has 0 aromatic heterocycles. The minimum absolute atomic E-state index is 0.286. The highest BCUT2D eigenvalue weighted by molar-refractivity contribution is 7.92. The van der Waals surface area contributed by atoms with Crippen LogP contribution in [0.3, 0.4) is 0 Å². The molecule has 1 amide bonds. The highest BCUT2D eigenvalue weighted by Gasteiger charge is 2.18. The first-order valence-electron chi connectivity index (χ1n) is 10.7. The van der Waals surface area contributed by atoms with Crippen LogP contribution in [0.15, 0.2) is 48.5 Å². The largest absolute Gasteiger partial charge is 0.492 e. The lowest BCUT2D eigenvalue weighted by molar-refractivity contribution is 0.0392. The number of hydrogen-bond acceptors (Lipinski definition) is 6. The van der Waals surface area contributed by atoms with E-state index in [0.717, 1.165) is 50.2 Å². The van der Waals surface area contributed by atoms with Crippen LogP contribution in [0.25, 0.3) is 0 Å². The van der Waals surface area contributed by atoms with Gasteiger partial charge in [-0.2, -0.15) is 0 Å². The Morgan fingerprint density at radius 3 is 2.66 bits per heavy atom. The summed E-state index contributed by atoms with van der Waals surface area (Å²) in [5.41, 5.74) is 1.64. The van der Waals surface area contributed by atoms with Gasteiger partial charge in [0.05, 0.1) is 6.26 Å². The maximum absolute atomic E-state index is 12.5. The number of amides is 1. The second-order valence-electron chi connectivity index (χ2n) is 7.96. The monoisotopic (exact) mass is 461 g/mol. The Labute approximate surface area is 190 Å². The summed E-state index contributed by atoms with van der Waals surface area (Å²) in [7, 11) is -1.29. The molecule has 1 aliphatic heterocycles. The Kier molecular flexibility index (Phi) is 8.49. The molecule has 2 aromatic carbocycles. The number of rotatable bonds is 10. The minimum atomic E-state index is -3.40. The normalized spacial score (nSPS) is 14.8. The first-order valence-corrected chi connectivity index (χ1v) is 12.5. The van der Waals surface area contributed by atoms with E-state index in [1.54, 1.807) is 18.2 Å². The lowest BCUT2D eigenvalue weighted by Gasteiger charge is -2.31. The summed E-state index contributed by atoms with van der Waals surface area (Å²) in [6, 6.07) is 14.5. The van der Waals surface area contributed by atoms with Gasteiger partial charge in [0.2, 0.25) is 10.0 Å². The molecular formula is C23H31N3O5S. The molecular weight excluding hydrogens is 430 g/mol. The molecule has 0 radical (unpaired) electrons.